The van der Waals surface area contributed by atoms with Gasteiger partial charge in [0.1, 0.15) is 0 Å². The third kappa shape index (κ3) is 2.63. The Labute approximate surface area is 95.6 Å². The fourth-order valence-electron chi connectivity index (χ4n) is 3.02. The molecule has 0 radical (unpaired) electrons. The van der Waals surface area contributed by atoms with Crippen molar-refractivity contribution in [3.63, 3.8) is 0 Å². The van der Waals surface area contributed by atoms with Crippen LogP contribution >= 0.6 is 0 Å². The summed E-state index contributed by atoms with van der Waals surface area (Å²) in [6, 6.07) is 0. The van der Waals surface area contributed by atoms with E-state index in [0.29, 0.717) is 11.1 Å². The summed E-state index contributed by atoms with van der Waals surface area (Å²) in [7, 11) is 1.73. The van der Waals surface area contributed by atoms with Crippen molar-refractivity contribution in [1.82, 2.24) is 0 Å². The normalized spacial score (nSPS) is 28.4. The number of hydrogen-bond acceptors (Lipinski definition) is 2. The smallest absolute Gasteiger partial charge is 0.343 e. The third-order valence-corrected chi connectivity index (χ3v) is 8.63. The summed E-state index contributed by atoms with van der Waals surface area (Å²) in [6.07, 6.45) is 5.29. The van der Waals surface area contributed by atoms with Gasteiger partial charge in [-0.3, -0.25) is 0 Å². The van der Waals surface area contributed by atoms with Gasteiger partial charge in [-0.05, 0) is 24.3 Å². The molecule has 0 spiro atoms. The highest BCUT2D eigenvalue weighted by molar-refractivity contribution is 6.70. The zero-order valence-electron chi connectivity index (χ0n) is 10.9. The van der Waals surface area contributed by atoms with E-state index in [1.807, 2.05) is 14.2 Å². The van der Waals surface area contributed by atoms with Crippen LogP contribution < -0.4 is 0 Å². The lowest BCUT2D eigenvalue weighted by molar-refractivity contribution is 0.201. The molecule has 0 saturated heterocycles. The average molecular weight is 230 g/mol. The topological polar surface area (TPSA) is 18.5 Å². The van der Waals surface area contributed by atoms with Gasteiger partial charge in [-0.2, -0.15) is 0 Å². The van der Waals surface area contributed by atoms with Gasteiger partial charge in [0.2, 0.25) is 0 Å². The maximum absolute atomic E-state index is 5.84. The molecule has 0 aromatic heterocycles. The van der Waals surface area contributed by atoms with Crippen molar-refractivity contribution < 1.29 is 8.85 Å². The van der Waals surface area contributed by atoms with Crippen molar-refractivity contribution in [2.24, 2.45) is 5.92 Å². The first kappa shape index (κ1) is 13.2. The van der Waals surface area contributed by atoms with Gasteiger partial charge >= 0.3 is 8.56 Å². The summed E-state index contributed by atoms with van der Waals surface area (Å²) in [4.78, 5) is 0. The van der Waals surface area contributed by atoms with Crippen LogP contribution in [0.25, 0.3) is 0 Å². The van der Waals surface area contributed by atoms with Gasteiger partial charge in [0.25, 0.3) is 0 Å². The third-order valence-electron chi connectivity index (χ3n) is 4.03. The van der Waals surface area contributed by atoms with Crippen LogP contribution in [0.3, 0.4) is 0 Å². The SMILES string of the molecule is CO[Si](OC)(C(C)C)C1CCC(C)CC1. The molecule has 0 unspecified atom stereocenters. The van der Waals surface area contributed by atoms with E-state index in [1.165, 1.54) is 25.7 Å². The molecule has 0 aliphatic heterocycles. The molecule has 0 aromatic carbocycles. The van der Waals surface area contributed by atoms with Gasteiger partial charge < -0.3 is 8.85 Å². The highest BCUT2D eigenvalue weighted by atomic mass is 28.4. The number of hydrogen-bond donors (Lipinski definition) is 0. The maximum Gasteiger partial charge on any atom is 0.343 e. The molecule has 0 amide bonds. The minimum atomic E-state index is -1.95. The molecule has 90 valence electrons. The van der Waals surface area contributed by atoms with E-state index >= 15 is 0 Å². The quantitative estimate of drug-likeness (QED) is 0.685. The Morgan fingerprint density at radius 1 is 1.00 bits per heavy atom. The Hall–Kier alpha value is 0.137. The van der Waals surface area contributed by atoms with Crippen LogP contribution in [-0.4, -0.2) is 22.8 Å². The lowest BCUT2D eigenvalue weighted by Gasteiger charge is -2.41. The van der Waals surface area contributed by atoms with Gasteiger partial charge in [-0.25, -0.2) is 0 Å². The van der Waals surface area contributed by atoms with Crippen LogP contribution in [0.4, 0.5) is 0 Å². The molecule has 2 nitrogen and oxygen atoms in total. The summed E-state index contributed by atoms with van der Waals surface area (Å²) >= 11 is 0. The second-order valence-electron chi connectivity index (χ2n) is 5.24. The number of rotatable bonds is 4. The van der Waals surface area contributed by atoms with E-state index in [-0.39, 0.29) is 0 Å². The zero-order valence-corrected chi connectivity index (χ0v) is 11.9. The first-order valence-electron chi connectivity index (χ1n) is 6.17. The highest BCUT2D eigenvalue weighted by Crippen LogP contribution is 2.44. The second-order valence-corrected chi connectivity index (χ2v) is 9.47. The highest BCUT2D eigenvalue weighted by Gasteiger charge is 2.47. The molecule has 15 heavy (non-hydrogen) atoms. The van der Waals surface area contributed by atoms with Crippen LogP contribution in [0.5, 0.6) is 0 Å². The molecule has 0 bridgehead atoms. The van der Waals surface area contributed by atoms with Gasteiger partial charge in [-0.1, -0.05) is 33.6 Å². The fraction of sp³-hybridized carbons (Fsp3) is 1.00. The minimum Gasteiger partial charge on any atom is -0.397 e. The molecule has 0 atom stereocenters. The summed E-state index contributed by atoms with van der Waals surface area (Å²) in [5.74, 6) is 0.897. The maximum atomic E-state index is 5.84. The second kappa shape index (κ2) is 5.46. The van der Waals surface area contributed by atoms with Crippen molar-refractivity contribution >= 4 is 8.56 Å². The predicted molar refractivity (Wildman–Crippen MR) is 66.3 cm³/mol. The van der Waals surface area contributed by atoms with Crippen LogP contribution in [0.1, 0.15) is 46.5 Å². The van der Waals surface area contributed by atoms with Crippen molar-refractivity contribution in [1.29, 1.82) is 0 Å². The molecule has 1 fully saturated rings. The predicted octanol–water partition coefficient (Wildman–Crippen LogP) is 3.71. The molecular formula is C12H26O2Si. The molecule has 1 aliphatic rings. The molecule has 1 aliphatic carbocycles. The van der Waals surface area contributed by atoms with Crippen molar-refractivity contribution in [3.05, 3.63) is 0 Å². The Morgan fingerprint density at radius 2 is 1.47 bits per heavy atom. The first-order valence-corrected chi connectivity index (χ1v) is 8.14. The lowest BCUT2D eigenvalue weighted by atomic mass is 9.90. The minimum absolute atomic E-state index is 0.547. The summed E-state index contributed by atoms with van der Waals surface area (Å²) < 4.78 is 11.7. The largest absolute Gasteiger partial charge is 0.397 e. The standard InChI is InChI=1S/C12H26O2Si/c1-10(2)15(13-4,14-5)12-8-6-11(3)7-9-12/h10-12H,6-9H2,1-5H3. The van der Waals surface area contributed by atoms with Gasteiger partial charge in [0.05, 0.1) is 0 Å². The van der Waals surface area contributed by atoms with Crippen LogP contribution in [0.15, 0.2) is 0 Å². The van der Waals surface area contributed by atoms with E-state index in [9.17, 15) is 0 Å². The monoisotopic (exact) mass is 230 g/mol. The molecular weight excluding hydrogens is 204 g/mol. The Kier molecular flexibility index (Phi) is 4.81. The molecule has 0 heterocycles. The summed E-state index contributed by atoms with van der Waals surface area (Å²) in [6.45, 7) is 6.85. The van der Waals surface area contributed by atoms with Gasteiger partial charge in [0.15, 0.2) is 0 Å². The molecule has 3 heteroatoms. The zero-order chi connectivity index (χ0) is 11.5. The van der Waals surface area contributed by atoms with E-state index in [0.717, 1.165) is 5.92 Å². The van der Waals surface area contributed by atoms with Crippen LogP contribution in [0.2, 0.25) is 11.1 Å². The Balaban J connectivity index is 2.71. The van der Waals surface area contributed by atoms with Crippen LogP contribution in [0, 0.1) is 5.92 Å². The first-order chi connectivity index (χ1) is 7.06. The fourth-order valence-corrected chi connectivity index (χ4v) is 6.88. The van der Waals surface area contributed by atoms with Crippen LogP contribution in [-0.2, 0) is 8.85 Å². The van der Waals surface area contributed by atoms with E-state index in [4.69, 9.17) is 8.85 Å². The molecule has 0 N–H and O–H groups in total. The van der Waals surface area contributed by atoms with Crippen molar-refractivity contribution in [2.45, 2.75) is 57.5 Å². The Morgan fingerprint density at radius 3 is 1.80 bits per heavy atom. The Bertz CT molecular complexity index is 182. The lowest BCUT2D eigenvalue weighted by Crippen LogP contribution is -2.49. The van der Waals surface area contributed by atoms with E-state index < -0.39 is 8.56 Å². The van der Waals surface area contributed by atoms with Gasteiger partial charge in [0, 0.05) is 19.8 Å². The molecule has 0 aromatic rings. The van der Waals surface area contributed by atoms with Crippen molar-refractivity contribution in [2.75, 3.05) is 14.2 Å². The van der Waals surface area contributed by atoms with E-state index in [2.05, 4.69) is 20.8 Å². The van der Waals surface area contributed by atoms with E-state index in [1.54, 1.807) is 0 Å². The van der Waals surface area contributed by atoms with Gasteiger partial charge in [-0.15, -0.1) is 0 Å². The average Bonchev–Trinajstić information content (AvgIpc) is 2.22. The summed E-state index contributed by atoms with van der Waals surface area (Å²) in [5.41, 5.74) is 1.25. The molecule has 1 rings (SSSR count). The summed E-state index contributed by atoms with van der Waals surface area (Å²) in [5, 5.41) is 0. The van der Waals surface area contributed by atoms with Crippen molar-refractivity contribution in [3.8, 4) is 0 Å². The molecule has 1 saturated carbocycles.